The normalized spacial score (nSPS) is 17.2. The number of nitrogens with zero attached hydrogens (tertiary/aromatic N) is 1. The molecule has 0 unspecified atom stereocenters. The number of carbonyl (C=O) groups is 1. The maximum atomic E-state index is 12.2. The summed E-state index contributed by atoms with van der Waals surface area (Å²) < 4.78 is 26.7. The van der Waals surface area contributed by atoms with E-state index in [4.69, 9.17) is 0 Å². The molecule has 1 aromatic carbocycles. The Balaban J connectivity index is 1.86. The summed E-state index contributed by atoms with van der Waals surface area (Å²) in [7, 11) is -3.46. The molecular weight excluding hydrogens is 300 g/mol. The van der Waals surface area contributed by atoms with Crippen molar-refractivity contribution in [1.29, 1.82) is 0 Å². The van der Waals surface area contributed by atoms with Crippen LogP contribution in [0.25, 0.3) is 0 Å². The van der Waals surface area contributed by atoms with E-state index >= 15 is 0 Å². The van der Waals surface area contributed by atoms with Crippen LogP contribution in [0.3, 0.4) is 0 Å². The second-order valence-electron chi connectivity index (χ2n) is 5.78. The minimum atomic E-state index is -3.46. The molecular formula is C16H24N2O3S. The minimum Gasteiger partial charge on any atom is -0.341 e. The molecule has 0 bridgehead atoms. The number of benzene rings is 1. The van der Waals surface area contributed by atoms with E-state index in [1.54, 1.807) is 11.8 Å². The lowest BCUT2D eigenvalue weighted by Gasteiger charge is -2.29. The van der Waals surface area contributed by atoms with Crippen molar-refractivity contribution < 1.29 is 13.2 Å². The summed E-state index contributed by atoms with van der Waals surface area (Å²) in [6, 6.07) is 8.78. The topological polar surface area (TPSA) is 66.5 Å². The summed E-state index contributed by atoms with van der Waals surface area (Å²) in [5.74, 6) is -0.128. The Labute approximate surface area is 132 Å². The van der Waals surface area contributed by atoms with Crippen LogP contribution in [0.5, 0.6) is 0 Å². The Morgan fingerprint density at radius 3 is 2.45 bits per heavy atom. The van der Waals surface area contributed by atoms with Gasteiger partial charge in [0.25, 0.3) is 0 Å². The maximum Gasteiger partial charge on any atom is 0.240 e. The van der Waals surface area contributed by atoms with E-state index in [0.717, 1.165) is 37.9 Å². The number of hydrogen-bond acceptors (Lipinski definition) is 3. The number of amides is 1. The molecule has 1 N–H and O–H groups in total. The van der Waals surface area contributed by atoms with Gasteiger partial charge in [0, 0.05) is 13.1 Å². The van der Waals surface area contributed by atoms with E-state index < -0.39 is 16.1 Å². The summed E-state index contributed by atoms with van der Waals surface area (Å²) in [5, 5.41) is 0. The van der Waals surface area contributed by atoms with Gasteiger partial charge in [-0.1, -0.05) is 30.3 Å². The largest absolute Gasteiger partial charge is 0.341 e. The molecule has 6 heteroatoms. The van der Waals surface area contributed by atoms with E-state index in [0.29, 0.717) is 6.42 Å². The third-order valence-corrected chi connectivity index (χ3v) is 5.35. The highest BCUT2D eigenvalue weighted by Crippen LogP contribution is 2.10. The molecule has 0 saturated carbocycles. The Morgan fingerprint density at radius 1 is 1.18 bits per heavy atom. The average molecular weight is 324 g/mol. The second-order valence-corrected chi connectivity index (χ2v) is 7.65. The molecule has 1 saturated heterocycles. The van der Waals surface area contributed by atoms with Crippen LogP contribution >= 0.6 is 0 Å². The molecule has 0 spiro atoms. The average Bonchev–Trinajstić information content (AvgIpc) is 2.54. The number of carbonyl (C=O) groups excluding carboxylic acids is 1. The first-order chi connectivity index (χ1) is 10.5. The van der Waals surface area contributed by atoms with Crippen LogP contribution in [-0.2, 0) is 21.2 Å². The summed E-state index contributed by atoms with van der Waals surface area (Å²) in [4.78, 5) is 14.0. The zero-order chi connectivity index (χ0) is 16.0. The summed E-state index contributed by atoms with van der Waals surface area (Å²) in [5.41, 5.74) is 0.975. The van der Waals surface area contributed by atoms with Gasteiger partial charge in [0.2, 0.25) is 15.9 Å². The van der Waals surface area contributed by atoms with Gasteiger partial charge in [0.1, 0.15) is 0 Å². The fourth-order valence-corrected chi connectivity index (χ4v) is 3.93. The van der Waals surface area contributed by atoms with Crippen molar-refractivity contribution in [2.45, 2.75) is 38.6 Å². The quantitative estimate of drug-likeness (QED) is 0.863. The minimum absolute atomic E-state index is 0.00532. The van der Waals surface area contributed by atoms with E-state index in [9.17, 15) is 13.2 Å². The van der Waals surface area contributed by atoms with Crippen molar-refractivity contribution in [2.24, 2.45) is 0 Å². The van der Waals surface area contributed by atoms with Gasteiger partial charge in [-0.3, -0.25) is 4.79 Å². The molecule has 1 aliphatic rings. The summed E-state index contributed by atoms with van der Waals surface area (Å²) in [6.07, 6.45) is 3.58. The number of hydrogen-bond donors (Lipinski definition) is 1. The highest BCUT2D eigenvalue weighted by Gasteiger charge is 2.25. The smallest absolute Gasteiger partial charge is 0.240 e. The second kappa shape index (κ2) is 7.74. The van der Waals surface area contributed by atoms with Crippen LogP contribution in [0.15, 0.2) is 30.3 Å². The number of likely N-dealkylation sites (tertiary alicyclic amines) is 1. The lowest BCUT2D eigenvalue weighted by Crippen LogP contribution is -2.49. The van der Waals surface area contributed by atoms with E-state index in [-0.39, 0.29) is 11.7 Å². The predicted octanol–water partition coefficient (Wildman–Crippen LogP) is 1.55. The molecule has 22 heavy (non-hydrogen) atoms. The van der Waals surface area contributed by atoms with Crippen molar-refractivity contribution in [3.8, 4) is 0 Å². The Morgan fingerprint density at radius 2 is 1.82 bits per heavy atom. The molecule has 2 rings (SSSR count). The molecule has 1 aliphatic heterocycles. The molecule has 1 fully saturated rings. The van der Waals surface area contributed by atoms with Crippen molar-refractivity contribution in [2.75, 3.05) is 18.8 Å². The monoisotopic (exact) mass is 324 g/mol. The molecule has 122 valence electrons. The molecule has 1 aromatic rings. The van der Waals surface area contributed by atoms with Crippen molar-refractivity contribution in [3.63, 3.8) is 0 Å². The van der Waals surface area contributed by atoms with Crippen molar-refractivity contribution in [1.82, 2.24) is 9.62 Å². The zero-order valence-corrected chi connectivity index (χ0v) is 13.8. The van der Waals surface area contributed by atoms with Gasteiger partial charge < -0.3 is 4.90 Å². The van der Waals surface area contributed by atoms with Gasteiger partial charge in [-0.25, -0.2) is 13.1 Å². The van der Waals surface area contributed by atoms with Gasteiger partial charge in [-0.2, -0.15) is 0 Å². The van der Waals surface area contributed by atoms with Crippen LogP contribution in [-0.4, -0.2) is 44.1 Å². The molecule has 1 amide bonds. The Kier molecular flexibility index (Phi) is 5.97. The van der Waals surface area contributed by atoms with Crippen molar-refractivity contribution >= 4 is 15.9 Å². The third kappa shape index (κ3) is 5.10. The first kappa shape index (κ1) is 17.0. The van der Waals surface area contributed by atoms with Crippen LogP contribution in [0.1, 0.15) is 31.7 Å². The highest BCUT2D eigenvalue weighted by atomic mass is 32.2. The molecule has 0 radical (unpaired) electrons. The Bertz CT molecular complexity index is 581. The molecule has 0 aromatic heterocycles. The van der Waals surface area contributed by atoms with Crippen LogP contribution < -0.4 is 4.72 Å². The van der Waals surface area contributed by atoms with Crippen molar-refractivity contribution in [3.05, 3.63) is 35.9 Å². The Hall–Kier alpha value is -1.40. The van der Waals surface area contributed by atoms with Crippen LogP contribution in [0, 0.1) is 0 Å². The van der Waals surface area contributed by atoms with Gasteiger partial charge >= 0.3 is 0 Å². The first-order valence-electron chi connectivity index (χ1n) is 7.81. The number of sulfonamides is 1. The number of piperidine rings is 1. The third-order valence-electron chi connectivity index (χ3n) is 3.90. The van der Waals surface area contributed by atoms with Gasteiger partial charge in [-0.05, 0) is 38.2 Å². The highest BCUT2D eigenvalue weighted by molar-refractivity contribution is 7.89. The van der Waals surface area contributed by atoms with E-state index in [1.807, 2.05) is 30.3 Å². The summed E-state index contributed by atoms with van der Waals surface area (Å²) >= 11 is 0. The molecule has 0 aliphatic carbocycles. The lowest BCUT2D eigenvalue weighted by atomic mass is 10.1. The van der Waals surface area contributed by atoms with Gasteiger partial charge in [0.05, 0.1) is 11.8 Å². The maximum absolute atomic E-state index is 12.2. The fourth-order valence-electron chi connectivity index (χ4n) is 2.66. The number of nitrogens with one attached hydrogen (secondary N) is 1. The van der Waals surface area contributed by atoms with Crippen LogP contribution in [0.2, 0.25) is 0 Å². The molecule has 1 atom stereocenters. The number of aryl methyl sites for hydroxylation is 1. The summed E-state index contributed by atoms with van der Waals surface area (Å²) in [6.45, 7) is 3.08. The first-order valence-corrected chi connectivity index (χ1v) is 9.46. The van der Waals surface area contributed by atoms with E-state index in [1.165, 1.54) is 0 Å². The molecule has 1 heterocycles. The number of rotatable bonds is 6. The SMILES string of the molecule is C[C@@H](NS(=O)(=O)CCc1ccccc1)C(=O)N1CCCCC1. The van der Waals surface area contributed by atoms with Crippen LogP contribution in [0.4, 0.5) is 0 Å². The standard InChI is InChI=1S/C16H24N2O3S/c1-14(16(19)18-11-6-3-7-12-18)17-22(20,21)13-10-15-8-4-2-5-9-15/h2,4-5,8-9,14,17H,3,6-7,10-13H2,1H3/t14-/m1/s1. The molecule has 5 nitrogen and oxygen atoms in total. The fraction of sp³-hybridized carbons (Fsp3) is 0.562. The predicted molar refractivity (Wildman–Crippen MR) is 87.0 cm³/mol. The van der Waals surface area contributed by atoms with Gasteiger partial charge in [-0.15, -0.1) is 0 Å². The van der Waals surface area contributed by atoms with E-state index in [2.05, 4.69) is 4.72 Å². The lowest BCUT2D eigenvalue weighted by molar-refractivity contribution is -0.133. The zero-order valence-electron chi connectivity index (χ0n) is 13.0. The van der Waals surface area contributed by atoms with Gasteiger partial charge in [0.15, 0.2) is 0 Å².